The molecular weight excluding hydrogens is 267 g/mol. The van der Waals surface area contributed by atoms with E-state index in [0.29, 0.717) is 12.2 Å². The average Bonchev–Trinajstić information content (AvgIpc) is 2.42. The van der Waals surface area contributed by atoms with Crippen LogP contribution in [0.2, 0.25) is 0 Å². The molecule has 3 nitrogen and oxygen atoms in total. The molecule has 1 aromatic carbocycles. The molecule has 0 saturated carbocycles. The Morgan fingerprint density at radius 2 is 1.90 bits per heavy atom. The summed E-state index contributed by atoms with van der Waals surface area (Å²) in [5.41, 5.74) is -0.872. The van der Waals surface area contributed by atoms with Gasteiger partial charge in [-0.05, 0) is 31.3 Å². The second-order valence-corrected chi connectivity index (χ2v) is 4.32. The predicted molar refractivity (Wildman–Crippen MR) is 72.4 cm³/mol. The minimum absolute atomic E-state index is 0.355. The number of halogens is 3. The van der Waals surface area contributed by atoms with E-state index >= 15 is 0 Å². The summed E-state index contributed by atoms with van der Waals surface area (Å²) in [6.07, 6.45) is -4.51. The van der Waals surface area contributed by atoms with Gasteiger partial charge in [-0.25, -0.2) is 0 Å². The Hall–Kier alpha value is -1.74. The van der Waals surface area contributed by atoms with E-state index in [1.165, 1.54) is 12.1 Å². The Morgan fingerprint density at radius 3 is 2.40 bits per heavy atom. The molecule has 0 aliphatic rings. The minimum Gasteiger partial charge on any atom is -0.384 e. The molecule has 0 spiro atoms. The molecule has 0 amide bonds. The van der Waals surface area contributed by atoms with Crippen LogP contribution in [-0.4, -0.2) is 31.1 Å². The van der Waals surface area contributed by atoms with Crippen molar-refractivity contribution in [3.8, 4) is 6.07 Å². The van der Waals surface area contributed by atoms with Gasteiger partial charge < -0.3 is 10.2 Å². The standard InChI is InChI=1S/C14H18F3N3/c1-3-20(4-2)8-7-19-12-6-5-11(10-18)13(9-12)14(15,16)17/h5-6,9,19H,3-4,7-8H2,1-2H3. The van der Waals surface area contributed by atoms with Crippen molar-refractivity contribution in [3.05, 3.63) is 29.3 Å². The molecule has 0 bridgehead atoms. The highest BCUT2D eigenvalue weighted by molar-refractivity contribution is 5.53. The Morgan fingerprint density at radius 1 is 1.25 bits per heavy atom. The summed E-state index contributed by atoms with van der Waals surface area (Å²) in [6.45, 7) is 7.19. The zero-order valence-electron chi connectivity index (χ0n) is 11.6. The molecule has 1 aromatic rings. The van der Waals surface area contributed by atoms with Gasteiger partial charge in [0, 0.05) is 18.8 Å². The van der Waals surface area contributed by atoms with Crippen molar-refractivity contribution >= 4 is 5.69 Å². The molecule has 0 aliphatic heterocycles. The topological polar surface area (TPSA) is 39.1 Å². The van der Waals surface area contributed by atoms with Crippen LogP contribution in [0.3, 0.4) is 0 Å². The summed E-state index contributed by atoms with van der Waals surface area (Å²) in [6, 6.07) is 5.25. The van der Waals surface area contributed by atoms with Gasteiger partial charge >= 0.3 is 6.18 Å². The lowest BCUT2D eigenvalue weighted by atomic mass is 10.1. The molecule has 1 rings (SSSR count). The number of anilines is 1. The maximum atomic E-state index is 12.8. The first-order chi connectivity index (χ1) is 9.42. The van der Waals surface area contributed by atoms with E-state index in [9.17, 15) is 13.2 Å². The van der Waals surface area contributed by atoms with E-state index in [1.807, 2.05) is 13.8 Å². The van der Waals surface area contributed by atoms with Crippen LogP contribution < -0.4 is 5.32 Å². The van der Waals surface area contributed by atoms with Crippen LogP contribution in [0.5, 0.6) is 0 Å². The number of alkyl halides is 3. The van der Waals surface area contributed by atoms with Gasteiger partial charge in [-0.15, -0.1) is 0 Å². The van der Waals surface area contributed by atoms with E-state index in [0.717, 1.165) is 25.7 Å². The third-order valence-corrected chi connectivity index (χ3v) is 3.10. The number of hydrogen-bond acceptors (Lipinski definition) is 3. The predicted octanol–water partition coefficient (Wildman–Crippen LogP) is 3.33. The number of nitrogens with one attached hydrogen (secondary N) is 1. The summed E-state index contributed by atoms with van der Waals surface area (Å²) in [4.78, 5) is 2.17. The number of hydrogen-bond donors (Lipinski definition) is 1. The van der Waals surface area contributed by atoms with E-state index in [1.54, 1.807) is 6.07 Å². The van der Waals surface area contributed by atoms with Gasteiger partial charge in [-0.2, -0.15) is 18.4 Å². The highest BCUT2D eigenvalue weighted by Gasteiger charge is 2.33. The fraction of sp³-hybridized carbons (Fsp3) is 0.500. The van der Waals surface area contributed by atoms with Crippen LogP contribution in [0.15, 0.2) is 18.2 Å². The molecule has 0 saturated heterocycles. The first-order valence-corrected chi connectivity index (χ1v) is 6.50. The Labute approximate surface area is 117 Å². The molecule has 110 valence electrons. The van der Waals surface area contributed by atoms with Crippen molar-refractivity contribution in [2.75, 3.05) is 31.5 Å². The Balaban J connectivity index is 2.76. The van der Waals surface area contributed by atoms with Gasteiger partial charge in [0.1, 0.15) is 0 Å². The van der Waals surface area contributed by atoms with Crippen LogP contribution >= 0.6 is 0 Å². The largest absolute Gasteiger partial charge is 0.417 e. The van der Waals surface area contributed by atoms with Crippen molar-refractivity contribution in [3.63, 3.8) is 0 Å². The Bertz CT molecular complexity index is 474. The van der Waals surface area contributed by atoms with Crippen molar-refractivity contribution in [1.82, 2.24) is 4.90 Å². The third kappa shape index (κ3) is 4.42. The van der Waals surface area contributed by atoms with Crippen molar-refractivity contribution in [2.24, 2.45) is 0 Å². The van der Waals surface area contributed by atoms with Crippen molar-refractivity contribution in [1.29, 1.82) is 5.26 Å². The first-order valence-electron chi connectivity index (χ1n) is 6.50. The highest BCUT2D eigenvalue weighted by Crippen LogP contribution is 2.33. The molecule has 0 aliphatic carbocycles. The highest BCUT2D eigenvalue weighted by atomic mass is 19.4. The second-order valence-electron chi connectivity index (χ2n) is 4.32. The smallest absolute Gasteiger partial charge is 0.384 e. The monoisotopic (exact) mass is 285 g/mol. The van der Waals surface area contributed by atoms with Gasteiger partial charge in [0.25, 0.3) is 0 Å². The van der Waals surface area contributed by atoms with Crippen molar-refractivity contribution < 1.29 is 13.2 Å². The molecule has 0 radical (unpaired) electrons. The van der Waals surface area contributed by atoms with E-state index in [2.05, 4.69) is 10.2 Å². The normalized spacial score (nSPS) is 11.4. The summed E-state index contributed by atoms with van der Waals surface area (Å²) >= 11 is 0. The van der Waals surface area contributed by atoms with E-state index in [-0.39, 0.29) is 5.56 Å². The maximum absolute atomic E-state index is 12.8. The molecule has 0 unspecified atom stereocenters. The number of nitrogens with zero attached hydrogens (tertiary/aromatic N) is 2. The molecular formula is C14H18F3N3. The Kier molecular flexibility index (Phi) is 5.83. The van der Waals surface area contributed by atoms with Crippen LogP contribution in [0.1, 0.15) is 25.0 Å². The summed E-state index contributed by atoms with van der Waals surface area (Å²) < 4.78 is 38.4. The number of rotatable bonds is 6. The van der Waals surface area contributed by atoms with Gasteiger partial charge in [0.05, 0.1) is 17.2 Å². The third-order valence-electron chi connectivity index (χ3n) is 3.10. The van der Waals surface area contributed by atoms with Crippen LogP contribution in [-0.2, 0) is 6.18 Å². The summed E-state index contributed by atoms with van der Waals surface area (Å²) in [5.74, 6) is 0. The fourth-order valence-corrected chi connectivity index (χ4v) is 1.88. The fourth-order valence-electron chi connectivity index (χ4n) is 1.88. The van der Waals surface area contributed by atoms with Gasteiger partial charge in [-0.1, -0.05) is 13.8 Å². The second kappa shape index (κ2) is 7.15. The number of benzene rings is 1. The molecule has 0 atom stereocenters. The summed E-state index contributed by atoms with van der Waals surface area (Å²) in [5, 5.41) is 11.7. The van der Waals surface area contributed by atoms with Crippen LogP contribution in [0, 0.1) is 11.3 Å². The molecule has 6 heteroatoms. The van der Waals surface area contributed by atoms with E-state index < -0.39 is 11.7 Å². The SMILES string of the molecule is CCN(CC)CCNc1ccc(C#N)c(C(F)(F)F)c1. The maximum Gasteiger partial charge on any atom is 0.417 e. The molecule has 1 N–H and O–H groups in total. The van der Waals surface area contributed by atoms with Crippen molar-refractivity contribution in [2.45, 2.75) is 20.0 Å². The first kappa shape index (κ1) is 16.3. The average molecular weight is 285 g/mol. The zero-order valence-corrected chi connectivity index (χ0v) is 11.6. The molecule has 0 heterocycles. The molecule has 0 fully saturated rings. The van der Waals surface area contributed by atoms with Crippen LogP contribution in [0.25, 0.3) is 0 Å². The quantitative estimate of drug-likeness (QED) is 0.871. The van der Waals surface area contributed by atoms with Gasteiger partial charge in [0.2, 0.25) is 0 Å². The molecule has 0 aromatic heterocycles. The minimum atomic E-state index is -4.51. The van der Waals surface area contributed by atoms with E-state index in [4.69, 9.17) is 5.26 Å². The van der Waals surface area contributed by atoms with Gasteiger partial charge in [0.15, 0.2) is 0 Å². The number of nitriles is 1. The van der Waals surface area contributed by atoms with Gasteiger partial charge in [-0.3, -0.25) is 0 Å². The number of likely N-dealkylation sites (N-methyl/N-ethyl adjacent to an activating group) is 1. The lowest BCUT2D eigenvalue weighted by molar-refractivity contribution is -0.137. The summed E-state index contributed by atoms with van der Waals surface area (Å²) in [7, 11) is 0. The van der Waals surface area contributed by atoms with Crippen LogP contribution in [0.4, 0.5) is 18.9 Å². The molecule has 20 heavy (non-hydrogen) atoms. The lowest BCUT2D eigenvalue weighted by Crippen LogP contribution is -2.28. The zero-order chi connectivity index (χ0) is 15.2. The lowest BCUT2D eigenvalue weighted by Gasteiger charge is -2.19.